The monoisotopic (exact) mass is 1450 g/mol. The van der Waals surface area contributed by atoms with Crippen LogP contribution < -0.4 is 24.5 Å². The molecule has 0 N–H and O–H groups in total. The second-order valence-electron chi connectivity index (χ2n) is 23.8. The molecular formula is C75H70Cl6N8S5. The molecule has 0 spiro atoms. The summed E-state index contributed by atoms with van der Waals surface area (Å²) in [6.07, 6.45) is 3.25. The first-order valence-electron chi connectivity index (χ1n) is 30.9. The van der Waals surface area contributed by atoms with Gasteiger partial charge in [0.1, 0.15) is 0 Å². The highest BCUT2D eigenvalue weighted by atomic mass is 35.5. The molecule has 0 unspecified atom stereocenters. The van der Waals surface area contributed by atoms with E-state index in [1.807, 2.05) is 65.6 Å². The summed E-state index contributed by atoms with van der Waals surface area (Å²) in [5.41, 5.74) is 13.9. The Morgan fingerprint density at radius 2 is 0.585 bits per heavy atom. The Kier molecular flexibility index (Phi) is 22.3. The molecule has 482 valence electrons. The molecule has 5 aliphatic rings. The van der Waals surface area contributed by atoms with Crippen LogP contribution in [-0.4, -0.2) is 96.3 Å². The van der Waals surface area contributed by atoms with E-state index >= 15 is 0 Å². The van der Waals surface area contributed by atoms with Gasteiger partial charge in [-0.1, -0.05) is 165 Å². The van der Waals surface area contributed by atoms with Crippen LogP contribution in [0.3, 0.4) is 0 Å². The maximum absolute atomic E-state index is 7.12. The molecule has 0 aliphatic carbocycles. The van der Waals surface area contributed by atoms with Crippen LogP contribution in [0.5, 0.6) is 0 Å². The highest BCUT2D eigenvalue weighted by molar-refractivity contribution is 8.00. The molecule has 19 heteroatoms. The number of nitrogens with zero attached hydrogens (tertiary/aromatic N) is 8. The molecule has 8 nitrogen and oxygen atoms in total. The standard InChI is InChI=1S/2C29H25Cl2N3S2.C17H19ClN2S.ClH/c1-32(2)14-7-15-33-21-8-3-5-10-26(21)36-29-18-23(20(31)17-24(29)33)34-22-9-4-6-11-27(22)35-28-13-12-19(30)16-25(28)34;1-32(2)14-5-15-33-22-11-10-21(18-29(22)36-27-12-8-19(30)16-24(27)33)34-23-6-3-4-7-26(23)35-28-13-9-20(31)17-25(28)34;1-19(2)10-5-11-20-14-6-3-4-7-16(14)21-17-9-8-13(18)12-15(17)20;/h3-6,8-13,16-18H,7,14-15H2,1-2H3;3-4,6-13,16-18H,5,14-15H2,1-2H3;3-4,6-9,12H,5,10-11H2,1-2H3;1H. The Morgan fingerprint density at radius 3 is 1.01 bits per heavy atom. The van der Waals surface area contributed by atoms with Crippen molar-refractivity contribution in [1.29, 1.82) is 0 Å². The van der Waals surface area contributed by atoms with Gasteiger partial charge in [0.25, 0.3) is 0 Å². The van der Waals surface area contributed by atoms with Crippen LogP contribution in [0.4, 0.5) is 68.2 Å². The molecule has 10 aromatic rings. The quantitative estimate of drug-likeness (QED) is 0.104. The van der Waals surface area contributed by atoms with Gasteiger partial charge in [-0.3, -0.25) is 0 Å². The lowest BCUT2D eigenvalue weighted by atomic mass is 10.1. The summed E-state index contributed by atoms with van der Waals surface area (Å²) in [6, 6.07) is 70.1. The van der Waals surface area contributed by atoms with Crippen LogP contribution in [0.25, 0.3) is 0 Å². The molecule has 5 heterocycles. The molecule has 0 atom stereocenters. The summed E-state index contributed by atoms with van der Waals surface area (Å²) in [5.74, 6) is 0. The molecule has 0 amide bonds. The minimum Gasteiger partial charge on any atom is -0.340 e. The summed E-state index contributed by atoms with van der Waals surface area (Å²) in [5, 5.41) is 3.74. The molecule has 0 saturated carbocycles. The minimum atomic E-state index is 0. The van der Waals surface area contributed by atoms with E-state index in [0.717, 1.165) is 118 Å². The third-order valence-electron chi connectivity index (χ3n) is 16.4. The Hall–Kier alpha value is -5.43. The molecule has 0 fully saturated rings. The van der Waals surface area contributed by atoms with Crippen molar-refractivity contribution in [3.63, 3.8) is 0 Å². The van der Waals surface area contributed by atoms with Crippen molar-refractivity contribution in [1.82, 2.24) is 14.7 Å². The highest BCUT2D eigenvalue weighted by Gasteiger charge is 2.33. The van der Waals surface area contributed by atoms with Crippen LogP contribution >= 0.6 is 129 Å². The van der Waals surface area contributed by atoms with Gasteiger partial charge in [0, 0.05) is 94.4 Å². The van der Waals surface area contributed by atoms with Crippen molar-refractivity contribution in [3.05, 3.63) is 225 Å². The van der Waals surface area contributed by atoms with Gasteiger partial charge in [0.15, 0.2) is 0 Å². The smallest absolute Gasteiger partial charge is 0.0668 e. The first kappa shape index (κ1) is 68.5. The van der Waals surface area contributed by atoms with Crippen molar-refractivity contribution >= 4 is 197 Å². The van der Waals surface area contributed by atoms with Gasteiger partial charge >= 0.3 is 0 Å². The number of fused-ring (bicyclic) bond motifs is 10. The van der Waals surface area contributed by atoms with Crippen LogP contribution in [0.2, 0.25) is 25.1 Å². The van der Waals surface area contributed by atoms with E-state index in [1.165, 1.54) is 78.2 Å². The topological polar surface area (TPSA) is 25.9 Å². The number of para-hydroxylation sites is 4. The SMILES string of the molecule is CN(C)CCCN1c2ccc(N3c4ccccc4Sc4ccc(Cl)cc43)cc2Sc2ccc(Cl)cc21.CN(C)CCCN1c2ccccc2Sc2cc(N3c4ccccc4Sc4ccc(Cl)cc43)c(Cl)cc21.CN(C)CCCN1c2ccccc2Sc2ccc(Cl)cc21.Cl. The fourth-order valence-electron chi connectivity index (χ4n) is 12.1. The minimum absolute atomic E-state index is 0. The summed E-state index contributed by atoms with van der Waals surface area (Å²) < 4.78 is 0. The number of rotatable bonds is 14. The molecule has 15 rings (SSSR count). The van der Waals surface area contributed by atoms with Crippen molar-refractivity contribution in [3.8, 4) is 0 Å². The number of hydrogen-bond acceptors (Lipinski definition) is 13. The zero-order valence-electron chi connectivity index (χ0n) is 52.8. The van der Waals surface area contributed by atoms with E-state index < -0.39 is 0 Å². The number of hydrogen-bond donors (Lipinski definition) is 0. The normalized spacial score (nSPS) is 13.5. The zero-order chi connectivity index (χ0) is 64.4. The summed E-state index contributed by atoms with van der Waals surface area (Å²) in [4.78, 5) is 30.9. The zero-order valence-corrected chi connectivity index (χ0v) is 61.5. The molecule has 0 aromatic heterocycles. The Labute approximate surface area is 606 Å². The van der Waals surface area contributed by atoms with Crippen LogP contribution in [-0.2, 0) is 0 Å². The fraction of sp³-hybridized carbons (Fsp3) is 0.200. The Bertz CT molecular complexity index is 4390. The largest absolute Gasteiger partial charge is 0.340 e. The predicted molar refractivity (Wildman–Crippen MR) is 411 cm³/mol. The van der Waals surface area contributed by atoms with Gasteiger partial charge < -0.3 is 39.2 Å². The highest BCUT2D eigenvalue weighted by Crippen LogP contribution is 2.59. The van der Waals surface area contributed by atoms with Gasteiger partial charge in [0.05, 0.1) is 67.6 Å². The molecular weight excluding hydrogens is 1390 g/mol. The average molecular weight is 1460 g/mol. The summed E-state index contributed by atoms with van der Waals surface area (Å²) in [7, 11) is 12.7. The van der Waals surface area contributed by atoms with Crippen molar-refractivity contribution in [2.24, 2.45) is 0 Å². The third-order valence-corrected chi connectivity index (χ3v) is 23.2. The van der Waals surface area contributed by atoms with Crippen LogP contribution in [0.1, 0.15) is 19.3 Å². The molecule has 5 aliphatic heterocycles. The predicted octanol–water partition coefficient (Wildman–Crippen LogP) is 24.3. The second-order valence-corrected chi connectivity index (χ2v) is 31.4. The molecule has 0 radical (unpaired) electrons. The van der Waals surface area contributed by atoms with Crippen molar-refractivity contribution in [2.75, 3.05) is 106 Å². The number of halogens is 6. The van der Waals surface area contributed by atoms with E-state index in [-0.39, 0.29) is 12.4 Å². The van der Waals surface area contributed by atoms with Gasteiger partial charge in [-0.25, -0.2) is 0 Å². The fourth-order valence-corrected chi connectivity index (χ4v) is 18.4. The molecule has 0 bridgehead atoms. The van der Waals surface area contributed by atoms with Crippen LogP contribution in [0.15, 0.2) is 249 Å². The molecule has 0 saturated heterocycles. The maximum atomic E-state index is 7.12. The Morgan fingerprint density at radius 1 is 0.277 bits per heavy atom. The van der Waals surface area contributed by atoms with Crippen LogP contribution in [0, 0.1) is 0 Å². The van der Waals surface area contributed by atoms with E-state index in [9.17, 15) is 0 Å². The molecule has 10 aromatic carbocycles. The number of benzene rings is 10. The maximum Gasteiger partial charge on any atom is 0.0668 e. The lowest BCUT2D eigenvalue weighted by molar-refractivity contribution is 0.402. The van der Waals surface area contributed by atoms with Gasteiger partial charge in [-0.05, 0) is 233 Å². The molecule has 94 heavy (non-hydrogen) atoms. The lowest BCUT2D eigenvalue weighted by Gasteiger charge is -2.36. The van der Waals surface area contributed by atoms with Crippen molar-refractivity contribution < 1.29 is 0 Å². The van der Waals surface area contributed by atoms with E-state index in [2.05, 4.69) is 251 Å². The van der Waals surface area contributed by atoms with Gasteiger partial charge in [-0.2, -0.15) is 0 Å². The lowest BCUT2D eigenvalue weighted by Crippen LogP contribution is -2.25. The number of anilines is 12. The first-order valence-corrected chi connectivity index (χ1v) is 36.9. The third kappa shape index (κ3) is 15.0. The van der Waals surface area contributed by atoms with E-state index in [4.69, 9.17) is 58.0 Å². The summed E-state index contributed by atoms with van der Waals surface area (Å²) >= 11 is 41.7. The average Bonchev–Trinajstić information content (AvgIpc) is 0.751. The van der Waals surface area contributed by atoms with Gasteiger partial charge in [-0.15, -0.1) is 12.4 Å². The Balaban J connectivity index is 0.000000140. The second kappa shape index (κ2) is 30.5. The first-order chi connectivity index (χ1) is 45.1. The summed E-state index contributed by atoms with van der Waals surface area (Å²) in [6.45, 7) is 6.02. The van der Waals surface area contributed by atoms with E-state index in [1.54, 1.807) is 23.5 Å². The van der Waals surface area contributed by atoms with E-state index in [0.29, 0.717) is 5.02 Å². The van der Waals surface area contributed by atoms with Crippen molar-refractivity contribution in [2.45, 2.75) is 68.2 Å². The van der Waals surface area contributed by atoms with Gasteiger partial charge in [0.2, 0.25) is 0 Å².